The second-order valence-electron chi connectivity index (χ2n) is 1.43. The van der Waals surface area contributed by atoms with Gasteiger partial charge in [0.1, 0.15) is 0 Å². The van der Waals surface area contributed by atoms with Crippen molar-refractivity contribution in [3.63, 3.8) is 0 Å². The van der Waals surface area contributed by atoms with Gasteiger partial charge in [-0.2, -0.15) is 5.57 Å². The summed E-state index contributed by atoms with van der Waals surface area (Å²) in [4.78, 5) is 9.77. The fourth-order valence-corrected chi connectivity index (χ4v) is 0.523. The van der Waals surface area contributed by atoms with Crippen LogP contribution in [0.2, 0.25) is 0 Å². The van der Waals surface area contributed by atoms with Crippen molar-refractivity contribution >= 4 is 6.29 Å². The van der Waals surface area contributed by atoms with Gasteiger partial charge < -0.3 is 4.79 Å². The molecule has 1 aliphatic carbocycles. The molecule has 0 aromatic carbocycles. The van der Waals surface area contributed by atoms with Crippen LogP contribution < -0.4 is 0 Å². The number of carbonyl (C=O) groups excluding carboxylic acids is 1. The molecule has 0 N–H and O–H groups in total. The van der Waals surface area contributed by atoms with Crippen molar-refractivity contribution < 1.29 is 23.4 Å². The Hall–Kier alpha value is -0.266. The molecule has 1 rings (SSSR count). The Morgan fingerprint density at radius 3 is 2.62 bits per heavy atom. The minimum absolute atomic E-state index is 0. The summed E-state index contributed by atoms with van der Waals surface area (Å²) in [5.41, 5.74) is 0.750. The fraction of sp³-hybridized carbons (Fsp3) is 0.167. The molecule has 1 nitrogen and oxygen atoms in total. The summed E-state index contributed by atoms with van der Waals surface area (Å²) in [5.74, 6) is 0. The van der Waals surface area contributed by atoms with Crippen LogP contribution in [-0.2, 0) is 23.4 Å². The first-order chi connectivity index (χ1) is 3.43. The summed E-state index contributed by atoms with van der Waals surface area (Å²) in [6, 6.07) is 0. The molecule has 41 valence electrons. The van der Waals surface area contributed by atoms with E-state index in [0.717, 1.165) is 12.0 Å². The van der Waals surface area contributed by atoms with E-state index in [2.05, 4.69) is 0 Å². The standard InChI is InChI=1S/C6H5O.V/c7-5-6-3-1-2-4-6;/h1-3H,4H2;/q-1;. The molecule has 0 atom stereocenters. The van der Waals surface area contributed by atoms with Crippen LogP contribution in [0.3, 0.4) is 0 Å². The molecule has 0 heterocycles. The van der Waals surface area contributed by atoms with Crippen LogP contribution in [0.5, 0.6) is 0 Å². The average molecular weight is 144 g/mol. The van der Waals surface area contributed by atoms with Crippen molar-refractivity contribution in [1.82, 2.24) is 0 Å². The molecule has 2 heteroatoms. The van der Waals surface area contributed by atoms with E-state index in [0.29, 0.717) is 0 Å². The van der Waals surface area contributed by atoms with Gasteiger partial charge in [-0.05, 0) is 12.7 Å². The van der Waals surface area contributed by atoms with E-state index in [9.17, 15) is 4.79 Å². The van der Waals surface area contributed by atoms with Crippen LogP contribution in [-0.4, -0.2) is 6.29 Å². The molecule has 0 spiro atoms. The Balaban J connectivity index is 0.000000490. The van der Waals surface area contributed by atoms with Crippen molar-refractivity contribution in [2.24, 2.45) is 0 Å². The van der Waals surface area contributed by atoms with Crippen LogP contribution >= 0.6 is 0 Å². The zero-order chi connectivity index (χ0) is 5.11. The molecule has 0 aliphatic heterocycles. The molecule has 0 aromatic heterocycles. The van der Waals surface area contributed by atoms with E-state index in [1.807, 2.05) is 18.4 Å². The number of hydrogen-bond acceptors (Lipinski definition) is 1. The van der Waals surface area contributed by atoms with E-state index in [1.165, 1.54) is 0 Å². The van der Waals surface area contributed by atoms with E-state index in [-0.39, 0.29) is 18.6 Å². The van der Waals surface area contributed by atoms with E-state index >= 15 is 0 Å². The van der Waals surface area contributed by atoms with Gasteiger partial charge in [0.15, 0.2) is 0 Å². The minimum atomic E-state index is 0. The summed E-state index contributed by atoms with van der Waals surface area (Å²) >= 11 is 0. The third-order valence-electron chi connectivity index (χ3n) is 0.902. The van der Waals surface area contributed by atoms with Gasteiger partial charge in [-0.15, -0.1) is 12.2 Å². The normalized spacial score (nSPS) is 14.8. The number of rotatable bonds is 1. The molecule has 1 aliphatic rings. The molecule has 0 unspecified atom stereocenters. The maximum atomic E-state index is 9.77. The third-order valence-corrected chi connectivity index (χ3v) is 0.902. The van der Waals surface area contributed by atoms with Crippen molar-refractivity contribution in [2.45, 2.75) is 6.42 Å². The van der Waals surface area contributed by atoms with Gasteiger partial charge in [0.05, 0.1) is 0 Å². The second kappa shape index (κ2) is 3.70. The van der Waals surface area contributed by atoms with Crippen LogP contribution in [0.1, 0.15) is 6.42 Å². The van der Waals surface area contributed by atoms with Gasteiger partial charge in [-0.1, -0.05) is 0 Å². The van der Waals surface area contributed by atoms with Crippen molar-refractivity contribution in [3.05, 3.63) is 23.8 Å². The Morgan fingerprint density at radius 1 is 1.62 bits per heavy atom. The minimum Gasteiger partial charge on any atom is -0.419 e. The third kappa shape index (κ3) is 1.68. The molecule has 0 fully saturated rings. The molecule has 0 aromatic rings. The molecule has 0 saturated carbocycles. The molecule has 1 radical (unpaired) electrons. The predicted octanol–water partition coefficient (Wildman–Crippen LogP) is 0.980. The first kappa shape index (κ1) is 7.73. The number of allylic oxidation sites excluding steroid dienone is 4. The average Bonchev–Trinajstić information content (AvgIpc) is 2.14. The van der Waals surface area contributed by atoms with Gasteiger partial charge >= 0.3 is 0 Å². The van der Waals surface area contributed by atoms with Crippen LogP contribution in [0.4, 0.5) is 0 Å². The van der Waals surface area contributed by atoms with Gasteiger partial charge in [-0.25, -0.2) is 6.08 Å². The molecular weight excluding hydrogens is 139 g/mol. The molecule has 0 bridgehead atoms. The van der Waals surface area contributed by atoms with E-state index in [1.54, 1.807) is 6.08 Å². The number of hydrogen-bond donors (Lipinski definition) is 0. The van der Waals surface area contributed by atoms with Gasteiger partial charge in [0.25, 0.3) is 0 Å². The van der Waals surface area contributed by atoms with Crippen molar-refractivity contribution in [2.75, 3.05) is 0 Å². The summed E-state index contributed by atoms with van der Waals surface area (Å²) in [7, 11) is 0. The van der Waals surface area contributed by atoms with Crippen LogP contribution in [0, 0.1) is 0 Å². The van der Waals surface area contributed by atoms with Crippen LogP contribution in [0.25, 0.3) is 0 Å². The van der Waals surface area contributed by atoms with Crippen LogP contribution in [0.15, 0.2) is 23.8 Å². The Morgan fingerprint density at radius 2 is 2.38 bits per heavy atom. The first-order valence-corrected chi connectivity index (χ1v) is 2.17. The first-order valence-electron chi connectivity index (χ1n) is 2.17. The van der Waals surface area contributed by atoms with E-state index in [4.69, 9.17) is 0 Å². The quantitative estimate of drug-likeness (QED) is 0.501. The largest absolute Gasteiger partial charge is 0.419 e. The van der Waals surface area contributed by atoms with Crippen molar-refractivity contribution in [1.29, 1.82) is 0 Å². The second-order valence-corrected chi connectivity index (χ2v) is 1.43. The summed E-state index contributed by atoms with van der Waals surface area (Å²) in [6.07, 6.45) is 8.14. The fourth-order valence-electron chi connectivity index (χ4n) is 0.523. The molecule has 0 saturated heterocycles. The zero-order valence-electron chi connectivity index (χ0n) is 4.29. The Kier molecular flexibility index (Phi) is 3.58. The predicted molar refractivity (Wildman–Crippen MR) is 27.5 cm³/mol. The molecule has 8 heavy (non-hydrogen) atoms. The summed E-state index contributed by atoms with van der Waals surface area (Å²) in [6.45, 7) is 0. The zero-order valence-corrected chi connectivity index (χ0v) is 5.69. The topological polar surface area (TPSA) is 17.1 Å². The summed E-state index contributed by atoms with van der Waals surface area (Å²) < 4.78 is 0. The monoisotopic (exact) mass is 144 g/mol. The maximum Gasteiger partial charge on any atom is 0 e. The summed E-state index contributed by atoms with van der Waals surface area (Å²) in [5, 5.41) is 0. The SMILES string of the molecule is O=[C-]C1=CC=CC1.[V]. The molecular formula is C6H5OV-. The molecule has 0 amide bonds. The Labute approximate surface area is 60.3 Å². The van der Waals surface area contributed by atoms with Gasteiger partial charge in [-0.3, -0.25) is 0 Å². The van der Waals surface area contributed by atoms with Crippen molar-refractivity contribution in [3.8, 4) is 0 Å². The van der Waals surface area contributed by atoms with Gasteiger partial charge in [0.2, 0.25) is 0 Å². The van der Waals surface area contributed by atoms with Gasteiger partial charge in [0, 0.05) is 18.6 Å². The maximum absolute atomic E-state index is 9.77. The van der Waals surface area contributed by atoms with E-state index < -0.39 is 0 Å². The Bertz CT molecular complexity index is 135. The smallest absolute Gasteiger partial charge is 0 e.